The largest absolute Gasteiger partial charge is 0.478 e. The number of rotatable bonds is 3. The Kier molecular flexibility index (Phi) is 3.72. The van der Waals surface area contributed by atoms with E-state index in [9.17, 15) is 4.79 Å². The van der Waals surface area contributed by atoms with Crippen molar-refractivity contribution in [1.29, 1.82) is 0 Å². The van der Waals surface area contributed by atoms with E-state index in [-0.39, 0.29) is 5.41 Å². The van der Waals surface area contributed by atoms with E-state index >= 15 is 0 Å². The number of carbonyl (C=O) groups is 1. The monoisotopic (exact) mass is 208 g/mol. The molecule has 0 aromatic carbocycles. The van der Waals surface area contributed by atoms with Gasteiger partial charge in [-0.3, -0.25) is 0 Å². The van der Waals surface area contributed by atoms with Gasteiger partial charge in [0.2, 0.25) is 0 Å². The molecule has 84 valence electrons. The molecule has 1 aliphatic rings. The van der Waals surface area contributed by atoms with E-state index in [4.69, 9.17) is 5.11 Å². The lowest BCUT2D eigenvalue weighted by Gasteiger charge is -2.38. The summed E-state index contributed by atoms with van der Waals surface area (Å²) in [6, 6.07) is 0. The maximum Gasteiger partial charge on any atom is 0.327 e. The molecule has 2 nitrogen and oxygen atoms in total. The zero-order chi connectivity index (χ0) is 11.5. The first-order valence-corrected chi connectivity index (χ1v) is 5.51. The van der Waals surface area contributed by atoms with Crippen molar-refractivity contribution in [3.8, 4) is 0 Å². The molecule has 0 heterocycles. The van der Waals surface area contributed by atoms with Gasteiger partial charge in [-0.05, 0) is 37.5 Å². The molecule has 0 radical (unpaired) electrons. The number of carboxylic acid groups (broad SMARTS) is 1. The van der Waals surface area contributed by atoms with Crippen molar-refractivity contribution < 1.29 is 9.90 Å². The Labute approximate surface area is 91.7 Å². The van der Waals surface area contributed by atoms with Crippen molar-refractivity contribution in [2.45, 2.75) is 40.0 Å². The lowest BCUT2D eigenvalue weighted by Crippen LogP contribution is -2.27. The second-order valence-corrected chi connectivity index (χ2v) is 4.86. The van der Waals surface area contributed by atoms with Crippen LogP contribution in [0.15, 0.2) is 23.8 Å². The highest BCUT2D eigenvalue weighted by Crippen LogP contribution is 2.43. The third-order valence-corrected chi connectivity index (χ3v) is 3.68. The van der Waals surface area contributed by atoms with Gasteiger partial charge in [-0.15, -0.1) is 0 Å². The van der Waals surface area contributed by atoms with Crippen LogP contribution in [0, 0.1) is 11.3 Å². The van der Waals surface area contributed by atoms with E-state index in [0.717, 1.165) is 19.3 Å². The number of aliphatic carboxylic acids is 1. The lowest BCUT2D eigenvalue weighted by atomic mass is 9.67. The SMILES string of the molecule is CC1=CCCC(C/C=C/C(=O)O)C1(C)C. The standard InChI is InChI=1S/C13H20O2/c1-10-6-4-7-11(13(10,2)3)8-5-9-12(14)15/h5-6,9,11H,4,7-8H2,1-3H3,(H,14,15)/b9-5+. The maximum atomic E-state index is 10.4. The summed E-state index contributed by atoms with van der Waals surface area (Å²) in [4.78, 5) is 10.4. The summed E-state index contributed by atoms with van der Waals surface area (Å²) in [6.45, 7) is 6.67. The van der Waals surface area contributed by atoms with Gasteiger partial charge in [0.05, 0.1) is 0 Å². The zero-order valence-corrected chi connectivity index (χ0v) is 9.79. The fourth-order valence-electron chi connectivity index (χ4n) is 2.19. The Morgan fingerprint density at radius 3 is 2.93 bits per heavy atom. The average Bonchev–Trinajstić information content (AvgIpc) is 2.12. The van der Waals surface area contributed by atoms with Crippen LogP contribution < -0.4 is 0 Å². The Balaban J connectivity index is 2.63. The van der Waals surface area contributed by atoms with Gasteiger partial charge >= 0.3 is 5.97 Å². The number of hydrogen-bond donors (Lipinski definition) is 1. The first kappa shape index (κ1) is 12.0. The molecule has 1 atom stereocenters. The van der Waals surface area contributed by atoms with Crippen LogP contribution in [0.3, 0.4) is 0 Å². The van der Waals surface area contributed by atoms with Crippen LogP contribution in [0.25, 0.3) is 0 Å². The molecule has 1 aliphatic carbocycles. The van der Waals surface area contributed by atoms with Crippen molar-refractivity contribution in [2.24, 2.45) is 11.3 Å². The van der Waals surface area contributed by atoms with Crippen LogP contribution in [0.4, 0.5) is 0 Å². The van der Waals surface area contributed by atoms with Crippen LogP contribution in [0.1, 0.15) is 40.0 Å². The van der Waals surface area contributed by atoms with Crippen LogP contribution in [0.5, 0.6) is 0 Å². The molecule has 0 amide bonds. The van der Waals surface area contributed by atoms with Crippen molar-refractivity contribution in [1.82, 2.24) is 0 Å². The Bertz CT molecular complexity index is 298. The van der Waals surface area contributed by atoms with Gasteiger partial charge in [-0.1, -0.05) is 31.6 Å². The summed E-state index contributed by atoms with van der Waals surface area (Å²) in [5.41, 5.74) is 1.64. The zero-order valence-electron chi connectivity index (χ0n) is 9.79. The predicted molar refractivity (Wildman–Crippen MR) is 61.7 cm³/mol. The minimum absolute atomic E-state index is 0.209. The summed E-state index contributed by atoms with van der Waals surface area (Å²) in [5, 5.41) is 8.53. The summed E-state index contributed by atoms with van der Waals surface area (Å²) in [6.07, 6.45) is 8.49. The number of allylic oxidation sites excluding steroid dienone is 3. The first-order valence-electron chi connectivity index (χ1n) is 5.51. The van der Waals surface area contributed by atoms with Crippen LogP contribution in [-0.2, 0) is 4.79 Å². The second-order valence-electron chi connectivity index (χ2n) is 4.86. The molecule has 1 N–H and O–H groups in total. The van der Waals surface area contributed by atoms with Gasteiger partial charge in [0.25, 0.3) is 0 Å². The van der Waals surface area contributed by atoms with Gasteiger partial charge < -0.3 is 5.11 Å². The molecule has 15 heavy (non-hydrogen) atoms. The fraction of sp³-hybridized carbons (Fsp3) is 0.615. The summed E-state index contributed by atoms with van der Waals surface area (Å²) in [5.74, 6) is -0.283. The van der Waals surface area contributed by atoms with Gasteiger partial charge in [0.1, 0.15) is 0 Å². The normalized spacial score (nSPS) is 25.3. The second kappa shape index (κ2) is 4.65. The van der Waals surface area contributed by atoms with E-state index in [1.54, 1.807) is 6.08 Å². The molecule has 0 aromatic rings. The summed E-state index contributed by atoms with van der Waals surface area (Å²) in [7, 11) is 0. The molecule has 0 bridgehead atoms. The third kappa shape index (κ3) is 2.95. The first-order chi connectivity index (χ1) is 6.94. The molecule has 1 unspecified atom stereocenters. The van der Waals surface area contributed by atoms with Gasteiger partial charge in [-0.25, -0.2) is 4.79 Å². The predicted octanol–water partition coefficient (Wildman–Crippen LogP) is 3.40. The van der Waals surface area contributed by atoms with Crippen molar-refractivity contribution >= 4 is 5.97 Å². The van der Waals surface area contributed by atoms with Gasteiger partial charge in [-0.2, -0.15) is 0 Å². The topological polar surface area (TPSA) is 37.3 Å². The van der Waals surface area contributed by atoms with E-state index < -0.39 is 5.97 Å². The highest BCUT2D eigenvalue weighted by Gasteiger charge is 2.31. The molecule has 0 spiro atoms. The van der Waals surface area contributed by atoms with E-state index in [1.807, 2.05) is 0 Å². The lowest BCUT2D eigenvalue weighted by molar-refractivity contribution is -0.131. The third-order valence-electron chi connectivity index (χ3n) is 3.68. The molecule has 0 saturated carbocycles. The van der Waals surface area contributed by atoms with E-state index in [0.29, 0.717) is 5.92 Å². The number of carboxylic acids is 1. The van der Waals surface area contributed by atoms with Crippen LogP contribution in [-0.4, -0.2) is 11.1 Å². The Morgan fingerprint density at radius 1 is 1.67 bits per heavy atom. The Hall–Kier alpha value is -1.05. The molecule has 0 aromatic heterocycles. The summed E-state index contributed by atoms with van der Waals surface area (Å²) >= 11 is 0. The minimum Gasteiger partial charge on any atom is -0.478 e. The molecule has 0 fully saturated rings. The quantitative estimate of drug-likeness (QED) is 0.570. The molecule has 0 aliphatic heterocycles. The van der Waals surface area contributed by atoms with E-state index in [2.05, 4.69) is 26.8 Å². The minimum atomic E-state index is -0.851. The Morgan fingerprint density at radius 2 is 2.33 bits per heavy atom. The fourth-order valence-corrected chi connectivity index (χ4v) is 2.19. The number of hydrogen-bond acceptors (Lipinski definition) is 1. The highest BCUT2D eigenvalue weighted by molar-refractivity contribution is 5.79. The molecular weight excluding hydrogens is 188 g/mol. The maximum absolute atomic E-state index is 10.4. The molecule has 0 saturated heterocycles. The van der Waals surface area contributed by atoms with E-state index in [1.165, 1.54) is 11.6 Å². The van der Waals surface area contributed by atoms with Crippen molar-refractivity contribution in [2.75, 3.05) is 0 Å². The molecule has 1 rings (SSSR count). The van der Waals surface area contributed by atoms with Gasteiger partial charge in [0.15, 0.2) is 0 Å². The molecular formula is C13H20O2. The van der Waals surface area contributed by atoms with Crippen LogP contribution >= 0.6 is 0 Å². The van der Waals surface area contributed by atoms with Gasteiger partial charge in [0, 0.05) is 6.08 Å². The van der Waals surface area contributed by atoms with Crippen LogP contribution in [0.2, 0.25) is 0 Å². The molecule has 2 heteroatoms. The smallest absolute Gasteiger partial charge is 0.327 e. The average molecular weight is 208 g/mol. The summed E-state index contributed by atoms with van der Waals surface area (Å²) < 4.78 is 0. The van der Waals surface area contributed by atoms with Crippen molar-refractivity contribution in [3.05, 3.63) is 23.8 Å². The van der Waals surface area contributed by atoms with Crippen molar-refractivity contribution in [3.63, 3.8) is 0 Å². The highest BCUT2D eigenvalue weighted by atomic mass is 16.4.